The molecule has 0 amide bonds. The molecule has 0 spiro atoms. The second-order valence-corrected chi connectivity index (χ2v) is 6.26. The number of aromatic nitrogens is 1. The lowest BCUT2D eigenvalue weighted by Gasteiger charge is -2.33. The Bertz CT molecular complexity index is 297. The molecule has 1 rings (SSSR count). The Balaban J connectivity index is 2.88. The van der Waals surface area contributed by atoms with Gasteiger partial charge in [0, 0.05) is 40.4 Å². The van der Waals surface area contributed by atoms with Crippen LogP contribution in [-0.2, 0) is 14.5 Å². The molecule has 0 N–H and O–H groups in total. The average Bonchev–Trinajstić information content (AvgIpc) is 2.30. The summed E-state index contributed by atoms with van der Waals surface area (Å²) < 4.78 is 11.3. The van der Waals surface area contributed by atoms with Crippen molar-refractivity contribution in [3.05, 3.63) is 30.1 Å². The molecule has 0 aliphatic heterocycles. The van der Waals surface area contributed by atoms with E-state index in [-0.39, 0.29) is 11.3 Å². The SMILES string of the molecule is CCOC(OCC)C(C)([SiH3])c1ccccn1. The predicted molar refractivity (Wildman–Crippen MR) is 68.6 cm³/mol. The molecular formula is C12H21NO2Si. The van der Waals surface area contributed by atoms with Gasteiger partial charge in [0.25, 0.3) is 0 Å². The van der Waals surface area contributed by atoms with E-state index in [0.29, 0.717) is 13.2 Å². The van der Waals surface area contributed by atoms with Crippen LogP contribution in [0.1, 0.15) is 26.5 Å². The monoisotopic (exact) mass is 239 g/mol. The molecule has 1 aromatic rings. The number of hydrogen-bond donors (Lipinski definition) is 0. The van der Waals surface area contributed by atoms with Crippen molar-refractivity contribution >= 4 is 10.2 Å². The van der Waals surface area contributed by atoms with E-state index in [1.165, 1.54) is 0 Å². The number of pyridine rings is 1. The molecule has 4 heteroatoms. The topological polar surface area (TPSA) is 31.4 Å². The third-order valence-corrected chi connectivity index (χ3v) is 3.53. The molecule has 0 saturated heterocycles. The second-order valence-electron chi connectivity index (χ2n) is 4.18. The Hall–Kier alpha value is -0.713. The van der Waals surface area contributed by atoms with Crippen molar-refractivity contribution in [1.82, 2.24) is 4.98 Å². The van der Waals surface area contributed by atoms with Crippen molar-refractivity contribution in [3.63, 3.8) is 0 Å². The lowest BCUT2D eigenvalue weighted by Crippen LogP contribution is -2.42. The van der Waals surface area contributed by atoms with Gasteiger partial charge in [-0.15, -0.1) is 0 Å². The summed E-state index contributed by atoms with van der Waals surface area (Å²) >= 11 is 0. The molecule has 1 atom stereocenters. The Morgan fingerprint density at radius 1 is 1.31 bits per heavy atom. The molecule has 90 valence electrons. The highest BCUT2D eigenvalue weighted by Gasteiger charge is 2.33. The summed E-state index contributed by atoms with van der Waals surface area (Å²) in [5, 5.41) is -0.104. The highest BCUT2D eigenvalue weighted by Crippen LogP contribution is 2.25. The Morgan fingerprint density at radius 3 is 2.38 bits per heavy atom. The maximum absolute atomic E-state index is 5.67. The zero-order valence-electron chi connectivity index (χ0n) is 10.6. The van der Waals surface area contributed by atoms with Gasteiger partial charge in [-0.05, 0) is 26.0 Å². The van der Waals surface area contributed by atoms with Crippen molar-refractivity contribution in [2.75, 3.05) is 13.2 Å². The summed E-state index contributed by atoms with van der Waals surface area (Å²) in [6.45, 7) is 7.45. The minimum Gasteiger partial charge on any atom is -0.352 e. The molecule has 1 heterocycles. The zero-order valence-corrected chi connectivity index (χ0v) is 12.6. The van der Waals surface area contributed by atoms with Crippen molar-refractivity contribution in [1.29, 1.82) is 0 Å². The van der Waals surface area contributed by atoms with E-state index in [1.54, 1.807) is 0 Å². The normalized spacial score (nSPS) is 15.2. The smallest absolute Gasteiger partial charge is 0.164 e. The third-order valence-electron chi connectivity index (χ3n) is 2.55. The first-order valence-corrected chi connectivity index (χ1v) is 6.77. The van der Waals surface area contributed by atoms with E-state index in [9.17, 15) is 0 Å². The maximum Gasteiger partial charge on any atom is 0.164 e. The quantitative estimate of drug-likeness (QED) is 0.549. The fourth-order valence-corrected chi connectivity index (χ4v) is 2.26. The zero-order chi connectivity index (χ0) is 12.0. The average molecular weight is 239 g/mol. The highest BCUT2D eigenvalue weighted by atomic mass is 28.1. The Morgan fingerprint density at radius 2 is 1.94 bits per heavy atom. The van der Waals surface area contributed by atoms with Gasteiger partial charge in [-0.3, -0.25) is 4.98 Å². The number of hydrogen-bond acceptors (Lipinski definition) is 3. The van der Waals surface area contributed by atoms with Gasteiger partial charge in [0.05, 0.1) is 0 Å². The van der Waals surface area contributed by atoms with Crippen LogP contribution in [0.5, 0.6) is 0 Å². The summed E-state index contributed by atoms with van der Waals surface area (Å²) in [7, 11) is 0.935. The first-order chi connectivity index (χ1) is 7.62. The largest absolute Gasteiger partial charge is 0.352 e. The highest BCUT2D eigenvalue weighted by molar-refractivity contribution is 6.15. The van der Waals surface area contributed by atoms with Crippen molar-refractivity contribution < 1.29 is 9.47 Å². The Labute approximate surface area is 101 Å². The molecule has 0 bridgehead atoms. The van der Waals surface area contributed by atoms with Crippen LogP contribution in [0.25, 0.3) is 0 Å². The van der Waals surface area contributed by atoms with Crippen LogP contribution in [0.3, 0.4) is 0 Å². The molecule has 0 aliphatic carbocycles. The summed E-state index contributed by atoms with van der Waals surface area (Å²) in [4.78, 5) is 4.41. The van der Waals surface area contributed by atoms with E-state index in [4.69, 9.17) is 9.47 Å². The van der Waals surface area contributed by atoms with E-state index in [1.807, 2.05) is 38.2 Å². The molecule has 16 heavy (non-hydrogen) atoms. The first kappa shape index (κ1) is 13.4. The van der Waals surface area contributed by atoms with Gasteiger partial charge in [0.2, 0.25) is 0 Å². The van der Waals surface area contributed by atoms with Crippen LogP contribution in [0.4, 0.5) is 0 Å². The van der Waals surface area contributed by atoms with Gasteiger partial charge in [0.15, 0.2) is 6.29 Å². The van der Waals surface area contributed by atoms with Gasteiger partial charge >= 0.3 is 0 Å². The molecule has 0 fully saturated rings. The minimum absolute atomic E-state index is 0.104. The first-order valence-electron chi connectivity index (χ1n) is 5.77. The van der Waals surface area contributed by atoms with Gasteiger partial charge < -0.3 is 9.47 Å². The molecule has 0 aromatic carbocycles. The van der Waals surface area contributed by atoms with Crippen LogP contribution in [-0.4, -0.2) is 34.7 Å². The van der Waals surface area contributed by atoms with Gasteiger partial charge in [-0.25, -0.2) is 0 Å². The van der Waals surface area contributed by atoms with Crippen LogP contribution in [0, 0.1) is 0 Å². The number of nitrogens with zero attached hydrogens (tertiary/aromatic N) is 1. The third kappa shape index (κ3) is 3.14. The molecule has 0 saturated carbocycles. The predicted octanol–water partition coefficient (Wildman–Crippen LogP) is 1.06. The van der Waals surface area contributed by atoms with Gasteiger partial charge in [0.1, 0.15) is 0 Å². The molecule has 0 aliphatic rings. The lowest BCUT2D eigenvalue weighted by molar-refractivity contribution is -0.157. The fraction of sp³-hybridized carbons (Fsp3) is 0.583. The molecule has 0 radical (unpaired) electrons. The fourth-order valence-electron chi connectivity index (χ4n) is 1.63. The number of ether oxygens (including phenoxy) is 2. The molecule has 3 nitrogen and oxygen atoms in total. The standard InChI is InChI=1S/C12H21NO2Si/c1-4-14-11(15-5-2)12(3,16)10-8-6-7-9-13-10/h6-9,11H,4-5H2,1-3,16H3. The maximum atomic E-state index is 5.67. The van der Waals surface area contributed by atoms with E-state index >= 15 is 0 Å². The lowest BCUT2D eigenvalue weighted by atomic mass is 10.1. The van der Waals surface area contributed by atoms with Crippen molar-refractivity contribution in [3.8, 4) is 0 Å². The van der Waals surface area contributed by atoms with Crippen LogP contribution >= 0.6 is 0 Å². The van der Waals surface area contributed by atoms with Crippen molar-refractivity contribution in [2.24, 2.45) is 0 Å². The Kier molecular flexibility index (Phi) is 5.11. The molecular weight excluding hydrogens is 218 g/mol. The van der Waals surface area contributed by atoms with Crippen molar-refractivity contribution in [2.45, 2.75) is 32.1 Å². The van der Waals surface area contributed by atoms with E-state index in [2.05, 4.69) is 11.9 Å². The van der Waals surface area contributed by atoms with Crippen LogP contribution in [0.15, 0.2) is 24.4 Å². The van der Waals surface area contributed by atoms with Gasteiger partial charge in [-0.1, -0.05) is 13.0 Å². The van der Waals surface area contributed by atoms with Crippen LogP contribution in [0.2, 0.25) is 0 Å². The summed E-state index contributed by atoms with van der Waals surface area (Å²) in [5.74, 6) is 0. The minimum atomic E-state index is -0.191. The van der Waals surface area contributed by atoms with Gasteiger partial charge in [-0.2, -0.15) is 0 Å². The number of rotatable bonds is 6. The molecule has 1 aromatic heterocycles. The van der Waals surface area contributed by atoms with E-state index < -0.39 is 0 Å². The van der Waals surface area contributed by atoms with E-state index in [0.717, 1.165) is 15.9 Å². The summed E-state index contributed by atoms with van der Waals surface area (Å²) in [6, 6.07) is 5.98. The molecule has 1 unspecified atom stereocenters. The summed E-state index contributed by atoms with van der Waals surface area (Å²) in [5.41, 5.74) is 1.05. The second kappa shape index (κ2) is 6.13. The van der Waals surface area contributed by atoms with Crippen LogP contribution < -0.4 is 0 Å². The summed E-state index contributed by atoms with van der Waals surface area (Å²) in [6.07, 6.45) is 1.63.